The molecule has 0 aromatic heterocycles. The molecule has 0 amide bonds. The third-order valence-corrected chi connectivity index (χ3v) is 2.24. The number of ether oxygens (including phenoxy) is 2. The van der Waals surface area contributed by atoms with Gasteiger partial charge in [-0.15, -0.1) is 0 Å². The van der Waals surface area contributed by atoms with E-state index in [4.69, 9.17) is 9.47 Å². The number of hydrogen-bond acceptors (Lipinski definition) is 2. The van der Waals surface area contributed by atoms with E-state index in [1.165, 1.54) is 5.56 Å². The summed E-state index contributed by atoms with van der Waals surface area (Å²) in [5.41, 5.74) is 1.23. The fourth-order valence-corrected chi connectivity index (χ4v) is 1.33. The predicted octanol–water partition coefficient (Wildman–Crippen LogP) is 3.22. The number of unbranched alkanes of at least 4 members (excludes halogenated alkanes) is 1. The third-order valence-electron chi connectivity index (χ3n) is 2.24. The second-order valence-electron chi connectivity index (χ2n) is 3.70. The van der Waals surface area contributed by atoms with Gasteiger partial charge >= 0.3 is 0 Å². The van der Waals surface area contributed by atoms with Crippen LogP contribution in [0.4, 0.5) is 0 Å². The van der Waals surface area contributed by atoms with Crippen LogP contribution in [-0.4, -0.2) is 19.8 Å². The molecule has 0 fully saturated rings. The quantitative estimate of drug-likeness (QED) is 0.596. The minimum Gasteiger partial charge on any atom is -0.381 e. The molecule has 2 heteroatoms. The van der Waals surface area contributed by atoms with E-state index >= 15 is 0 Å². The maximum absolute atomic E-state index is 5.54. The standard InChI is InChI=1S/C14H21O2/c1-2-3-10-15-11-7-12-16-13-14-8-5-4-6-9-14/h2,4-6,8-9H,3,7,10-13H2,1H3. The average Bonchev–Trinajstić information content (AvgIpc) is 2.34. The second-order valence-corrected chi connectivity index (χ2v) is 3.70. The highest BCUT2D eigenvalue weighted by atomic mass is 16.5. The molecule has 0 saturated carbocycles. The van der Waals surface area contributed by atoms with Crippen LogP contribution in [0.25, 0.3) is 0 Å². The SMILES string of the molecule is C[CH]CCOCCCOCc1ccccc1. The van der Waals surface area contributed by atoms with Crippen molar-refractivity contribution in [3.8, 4) is 0 Å². The second kappa shape index (κ2) is 9.37. The van der Waals surface area contributed by atoms with Crippen LogP contribution in [0.15, 0.2) is 30.3 Å². The van der Waals surface area contributed by atoms with E-state index in [0.29, 0.717) is 6.61 Å². The van der Waals surface area contributed by atoms with Crippen molar-refractivity contribution in [1.29, 1.82) is 0 Å². The van der Waals surface area contributed by atoms with Crippen LogP contribution in [0.2, 0.25) is 0 Å². The molecular weight excluding hydrogens is 200 g/mol. The maximum atomic E-state index is 5.54. The van der Waals surface area contributed by atoms with Gasteiger partial charge in [-0.05, 0) is 24.8 Å². The Labute approximate surface area is 98.6 Å². The number of hydrogen-bond donors (Lipinski definition) is 0. The van der Waals surface area contributed by atoms with Crippen LogP contribution in [0, 0.1) is 6.42 Å². The first-order chi connectivity index (χ1) is 7.93. The zero-order valence-electron chi connectivity index (χ0n) is 10.0. The van der Waals surface area contributed by atoms with Gasteiger partial charge in [0.25, 0.3) is 0 Å². The first-order valence-corrected chi connectivity index (χ1v) is 5.90. The molecule has 0 bridgehead atoms. The summed E-state index contributed by atoms with van der Waals surface area (Å²) in [6.07, 6.45) is 4.12. The lowest BCUT2D eigenvalue weighted by Crippen LogP contribution is -2.02. The zero-order chi connectivity index (χ0) is 11.5. The van der Waals surface area contributed by atoms with Gasteiger partial charge in [-0.3, -0.25) is 0 Å². The lowest BCUT2D eigenvalue weighted by atomic mass is 10.2. The highest BCUT2D eigenvalue weighted by molar-refractivity contribution is 5.13. The molecule has 1 aromatic rings. The van der Waals surface area contributed by atoms with Crippen LogP contribution in [-0.2, 0) is 16.1 Å². The Morgan fingerprint density at radius 2 is 1.75 bits per heavy atom. The van der Waals surface area contributed by atoms with Crippen LogP contribution < -0.4 is 0 Å². The maximum Gasteiger partial charge on any atom is 0.0716 e. The van der Waals surface area contributed by atoms with Gasteiger partial charge in [0.1, 0.15) is 0 Å². The van der Waals surface area contributed by atoms with E-state index < -0.39 is 0 Å². The molecular formula is C14H21O2. The Balaban J connectivity index is 1.89. The van der Waals surface area contributed by atoms with Gasteiger partial charge in [-0.25, -0.2) is 0 Å². The highest BCUT2D eigenvalue weighted by Crippen LogP contribution is 2.00. The van der Waals surface area contributed by atoms with E-state index in [1.807, 2.05) is 25.1 Å². The summed E-state index contributed by atoms with van der Waals surface area (Å²) < 4.78 is 11.0. The number of benzene rings is 1. The van der Waals surface area contributed by atoms with Crippen molar-refractivity contribution < 1.29 is 9.47 Å². The molecule has 0 spiro atoms. The van der Waals surface area contributed by atoms with E-state index in [9.17, 15) is 0 Å². The smallest absolute Gasteiger partial charge is 0.0716 e. The summed E-state index contributed by atoms with van der Waals surface area (Å²) in [6.45, 7) is 5.14. The summed E-state index contributed by atoms with van der Waals surface area (Å²) in [5, 5.41) is 0. The zero-order valence-corrected chi connectivity index (χ0v) is 10.0. The topological polar surface area (TPSA) is 18.5 Å². The van der Waals surface area contributed by atoms with Gasteiger partial charge in [0.15, 0.2) is 0 Å². The Morgan fingerprint density at radius 3 is 2.50 bits per heavy atom. The molecule has 0 N–H and O–H groups in total. The minimum atomic E-state index is 0.698. The van der Waals surface area contributed by atoms with Crippen molar-refractivity contribution in [2.45, 2.75) is 26.4 Å². The highest BCUT2D eigenvalue weighted by Gasteiger charge is 1.92. The van der Waals surface area contributed by atoms with Gasteiger partial charge in [-0.2, -0.15) is 0 Å². The van der Waals surface area contributed by atoms with E-state index in [2.05, 4.69) is 18.6 Å². The molecule has 1 radical (unpaired) electrons. The molecule has 0 aliphatic heterocycles. The Kier molecular flexibility index (Phi) is 7.74. The third kappa shape index (κ3) is 6.59. The first kappa shape index (κ1) is 13.2. The molecule has 1 rings (SSSR count). The van der Waals surface area contributed by atoms with Crippen molar-refractivity contribution in [3.05, 3.63) is 42.3 Å². The molecule has 0 heterocycles. The molecule has 0 aliphatic carbocycles. The van der Waals surface area contributed by atoms with Crippen LogP contribution in [0.1, 0.15) is 25.3 Å². The Bertz CT molecular complexity index is 246. The van der Waals surface area contributed by atoms with Crippen molar-refractivity contribution in [3.63, 3.8) is 0 Å². The molecule has 0 aliphatic rings. The summed E-state index contributed by atoms with van der Waals surface area (Å²) in [4.78, 5) is 0. The van der Waals surface area contributed by atoms with Gasteiger partial charge < -0.3 is 9.47 Å². The Morgan fingerprint density at radius 1 is 1.00 bits per heavy atom. The van der Waals surface area contributed by atoms with Crippen molar-refractivity contribution in [1.82, 2.24) is 0 Å². The van der Waals surface area contributed by atoms with E-state index in [0.717, 1.165) is 32.7 Å². The van der Waals surface area contributed by atoms with Crippen molar-refractivity contribution in [2.24, 2.45) is 0 Å². The molecule has 16 heavy (non-hydrogen) atoms. The summed E-state index contributed by atoms with van der Waals surface area (Å²) >= 11 is 0. The minimum absolute atomic E-state index is 0.698. The van der Waals surface area contributed by atoms with Crippen molar-refractivity contribution >= 4 is 0 Å². The number of rotatable bonds is 9. The molecule has 0 unspecified atom stereocenters. The largest absolute Gasteiger partial charge is 0.381 e. The fraction of sp³-hybridized carbons (Fsp3) is 0.500. The predicted molar refractivity (Wildman–Crippen MR) is 66.1 cm³/mol. The lowest BCUT2D eigenvalue weighted by Gasteiger charge is -2.05. The van der Waals surface area contributed by atoms with Gasteiger partial charge in [0, 0.05) is 19.8 Å². The fourth-order valence-electron chi connectivity index (χ4n) is 1.33. The molecule has 0 atom stereocenters. The first-order valence-electron chi connectivity index (χ1n) is 5.90. The summed E-state index contributed by atoms with van der Waals surface area (Å²) in [5.74, 6) is 0. The van der Waals surface area contributed by atoms with Gasteiger partial charge in [0.2, 0.25) is 0 Å². The molecule has 89 valence electrons. The van der Waals surface area contributed by atoms with Crippen molar-refractivity contribution in [2.75, 3.05) is 19.8 Å². The normalized spacial score (nSPS) is 10.6. The lowest BCUT2D eigenvalue weighted by molar-refractivity contribution is 0.0766. The Hall–Kier alpha value is -0.860. The molecule has 1 aromatic carbocycles. The average molecular weight is 221 g/mol. The monoisotopic (exact) mass is 221 g/mol. The van der Waals surface area contributed by atoms with E-state index in [1.54, 1.807) is 0 Å². The summed E-state index contributed by atoms with van der Waals surface area (Å²) in [7, 11) is 0. The van der Waals surface area contributed by atoms with Crippen LogP contribution in [0.3, 0.4) is 0 Å². The van der Waals surface area contributed by atoms with Gasteiger partial charge in [-0.1, -0.05) is 37.3 Å². The summed E-state index contributed by atoms with van der Waals surface area (Å²) in [6, 6.07) is 10.2. The van der Waals surface area contributed by atoms with Crippen LogP contribution in [0.5, 0.6) is 0 Å². The van der Waals surface area contributed by atoms with E-state index in [-0.39, 0.29) is 0 Å². The van der Waals surface area contributed by atoms with Crippen LogP contribution >= 0.6 is 0 Å². The molecule has 0 saturated heterocycles. The molecule has 2 nitrogen and oxygen atoms in total. The van der Waals surface area contributed by atoms with Gasteiger partial charge in [0.05, 0.1) is 6.61 Å².